The van der Waals surface area contributed by atoms with E-state index >= 15 is 0 Å². The van der Waals surface area contributed by atoms with Gasteiger partial charge in [0.05, 0.1) is 17.9 Å². The molecule has 0 radical (unpaired) electrons. The molecule has 0 aliphatic rings. The van der Waals surface area contributed by atoms with Crippen molar-refractivity contribution in [2.75, 3.05) is 0 Å². The van der Waals surface area contributed by atoms with Gasteiger partial charge in [-0.2, -0.15) is 5.10 Å². The molecule has 4 rings (SSSR count). The Labute approximate surface area is 180 Å². The Morgan fingerprint density at radius 2 is 1.46 bits per heavy atom. The van der Waals surface area contributed by atoms with E-state index in [1.165, 1.54) is 6.07 Å². The quantitative estimate of drug-likeness (QED) is 0.289. The summed E-state index contributed by atoms with van der Waals surface area (Å²) in [6.45, 7) is 2.59. The zero-order valence-electron chi connectivity index (χ0n) is 15.2. The van der Waals surface area contributed by atoms with E-state index in [0.717, 1.165) is 42.6 Å². The van der Waals surface area contributed by atoms with Crippen LogP contribution in [0.25, 0.3) is 22.5 Å². The molecule has 0 bridgehead atoms. The van der Waals surface area contributed by atoms with Gasteiger partial charge in [-0.3, -0.25) is 4.68 Å². The van der Waals surface area contributed by atoms with E-state index in [-0.39, 0.29) is 5.82 Å². The van der Waals surface area contributed by atoms with Gasteiger partial charge in [0.15, 0.2) is 0 Å². The number of halogens is 3. The molecule has 1 heterocycles. The lowest BCUT2D eigenvalue weighted by Gasteiger charge is -2.09. The van der Waals surface area contributed by atoms with Crippen LogP contribution in [0.1, 0.15) is 11.1 Å². The average Bonchev–Trinajstić information content (AvgIpc) is 2.99. The normalized spacial score (nSPS) is 11.0. The molecule has 2 nitrogen and oxygen atoms in total. The number of aromatic nitrogens is 2. The van der Waals surface area contributed by atoms with Crippen molar-refractivity contribution < 1.29 is 4.39 Å². The van der Waals surface area contributed by atoms with Gasteiger partial charge in [-0.05, 0) is 48.9 Å². The lowest BCUT2D eigenvalue weighted by molar-refractivity contribution is 0.620. The van der Waals surface area contributed by atoms with Crippen molar-refractivity contribution >= 4 is 31.9 Å². The highest BCUT2D eigenvalue weighted by atomic mass is 79.9. The molecule has 3 aromatic carbocycles. The Morgan fingerprint density at radius 1 is 0.857 bits per heavy atom. The Hall–Kier alpha value is -2.24. The molecule has 1 aromatic heterocycles. The van der Waals surface area contributed by atoms with Crippen molar-refractivity contribution in [3.05, 3.63) is 98.7 Å². The average molecular weight is 500 g/mol. The number of hydrogen-bond donors (Lipinski definition) is 0. The molecule has 0 spiro atoms. The van der Waals surface area contributed by atoms with E-state index in [9.17, 15) is 4.39 Å². The van der Waals surface area contributed by atoms with Gasteiger partial charge < -0.3 is 0 Å². The summed E-state index contributed by atoms with van der Waals surface area (Å²) in [5, 5.41) is 4.90. The maximum Gasteiger partial charge on any atom is 0.123 e. The smallest absolute Gasteiger partial charge is 0.123 e. The zero-order valence-corrected chi connectivity index (χ0v) is 18.3. The van der Waals surface area contributed by atoms with Crippen LogP contribution in [0.2, 0.25) is 0 Å². The van der Waals surface area contributed by atoms with E-state index in [4.69, 9.17) is 5.10 Å². The lowest BCUT2D eigenvalue weighted by Crippen LogP contribution is -2.04. The standard InChI is InChI=1S/C23H17Br2FN2/c1-15-22(17-5-9-19(24)10-6-17)27-28(14-16-3-2-4-21(26)13-16)23(15)18-7-11-20(25)12-8-18/h2-13H,14H2,1H3. The van der Waals surface area contributed by atoms with Crippen LogP contribution in [-0.2, 0) is 6.54 Å². The van der Waals surface area contributed by atoms with Gasteiger partial charge in [-0.1, -0.05) is 68.3 Å². The van der Waals surface area contributed by atoms with Crippen molar-refractivity contribution in [2.24, 2.45) is 0 Å². The summed E-state index contributed by atoms with van der Waals surface area (Å²) in [6.07, 6.45) is 0. The number of rotatable bonds is 4. The Kier molecular flexibility index (Phi) is 5.47. The van der Waals surface area contributed by atoms with Gasteiger partial charge >= 0.3 is 0 Å². The maximum absolute atomic E-state index is 13.7. The summed E-state index contributed by atoms with van der Waals surface area (Å²) in [5.74, 6) is -0.236. The highest BCUT2D eigenvalue weighted by molar-refractivity contribution is 9.10. The number of hydrogen-bond acceptors (Lipinski definition) is 1. The molecule has 4 aromatic rings. The summed E-state index contributed by atoms with van der Waals surface area (Å²) in [4.78, 5) is 0. The van der Waals surface area contributed by atoms with Crippen LogP contribution in [0.15, 0.2) is 81.7 Å². The minimum atomic E-state index is -0.236. The van der Waals surface area contributed by atoms with Crippen LogP contribution < -0.4 is 0 Å². The van der Waals surface area contributed by atoms with E-state index in [0.29, 0.717) is 6.54 Å². The summed E-state index contributed by atoms with van der Waals surface area (Å²) in [6, 6.07) is 23.0. The summed E-state index contributed by atoms with van der Waals surface area (Å²) in [5.41, 5.74) is 6.07. The molecule has 0 saturated heterocycles. The van der Waals surface area contributed by atoms with E-state index in [1.54, 1.807) is 12.1 Å². The van der Waals surface area contributed by atoms with Crippen LogP contribution in [0.3, 0.4) is 0 Å². The molecular formula is C23H17Br2FN2. The summed E-state index contributed by atoms with van der Waals surface area (Å²) in [7, 11) is 0. The Bertz CT molecular complexity index is 1120. The molecule has 5 heteroatoms. The first-order valence-corrected chi connectivity index (χ1v) is 10.4. The monoisotopic (exact) mass is 498 g/mol. The largest absolute Gasteiger partial charge is 0.260 e. The molecule has 0 saturated carbocycles. The molecular weight excluding hydrogens is 483 g/mol. The Morgan fingerprint density at radius 3 is 2.07 bits per heavy atom. The van der Waals surface area contributed by atoms with Crippen molar-refractivity contribution in [1.82, 2.24) is 9.78 Å². The van der Waals surface area contributed by atoms with Gasteiger partial charge in [0.2, 0.25) is 0 Å². The first kappa shape index (κ1) is 19.1. The number of benzene rings is 3. The molecule has 28 heavy (non-hydrogen) atoms. The molecule has 140 valence electrons. The first-order chi connectivity index (χ1) is 13.5. The predicted octanol–water partition coefficient (Wildman–Crippen LogP) is 7.24. The van der Waals surface area contributed by atoms with Gasteiger partial charge in [0, 0.05) is 25.6 Å². The van der Waals surface area contributed by atoms with E-state index in [2.05, 4.69) is 63.0 Å². The van der Waals surface area contributed by atoms with Crippen LogP contribution in [0, 0.1) is 12.7 Å². The minimum Gasteiger partial charge on any atom is -0.260 e. The van der Waals surface area contributed by atoms with Gasteiger partial charge in [-0.15, -0.1) is 0 Å². The minimum absolute atomic E-state index is 0.236. The molecule has 0 unspecified atom stereocenters. The fourth-order valence-electron chi connectivity index (χ4n) is 3.33. The zero-order chi connectivity index (χ0) is 19.7. The van der Waals surface area contributed by atoms with Crippen LogP contribution in [-0.4, -0.2) is 9.78 Å². The highest BCUT2D eigenvalue weighted by Crippen LogP contribution is 2.33. The van der Waals surface area contributed by atoms with Gasteiger partial charge in [0.1, 0.15) is 5.82 Å². The third-order valence-corrected chi connectivity index (χ3v) is 5.70. The van der Waals surface area contributed by atoms with Gasteiger partial charge in [-0.25, -0.2) is 4.39 Å². The SMILES string of the molecule is Cc1c(-c2ccc(Br)cc2)nn(Cc2cccc(F)c2)c1-c1ccc(Br)cc1. The maximum atomic E-state index is 13.7. The molecule has 0 aliphatic heterocycles. The molecule has 0 amide bonds. The molecule has 0 aliphatic carbocycles. The van der Waals surface area contributed by atoms with Crippen molar-refractivity contribution in [2.45, 2.75) is 13.5 Å². The van der Waals surface area contributed by atoms with Crippen molar-refractivity contribution in [3.8, 4) is 22.5 Å². The predicted molar refractivity (Wildman–Crippen MR) is 119 cm³/mol. The second-order valence-electron chi connectivity index (χ2n) is 6.62. The second kappa shape index (κ2) is 8.02. The van der Waals surface area contributed by atoms with Crippen LogP contribution in [0.4, 0.5) is 4.39 Å². The van der Waals surface area contributed by atoms with E-state index in [1.807, 2.05) is 35.0 Å². The highest BCUT2D eigenvalue weighted by Gasteiger charge is 2.18. The topological polar surface area (TPSA) is 17.8 Å². The third kappa shape index (κ3) is 3.96. The first-order valence-electron chi connectivity index (χ1n) is 8.85. The van der Waals surface area contributed by atoms with Crippen molar-refractivity contribution in [3.63, 3.8) is 0 Å². The van der Waals surface area contributed by atoms with Crippen LogP contribution >= 0.6 is 31.9 Å². The fraction of sp³-hybridized carbons (Fsp3) is 0.0870. The molecule has 0 atom stereocenters. The molecule has 0 fully saturated rings. The van der Waals surface area contributed by atoms with Crippen LogP contribution in [0.5, 0.6) is 0 Å². The van der Waals surface area contributed by atoms with Crippen molar-refractivity contribution in [1.29, 1.82) is 0 Å². The third-order valence-electron chi connectivity index (χ3n) is 4.65. The molecule has 0 N–H and O–H groups in total. The van der Waals surface area contributed by atoms with E-state index < -0.39 is 0 Å². The summed E-state index contributed by atoms with van der Waals surface area (Å²) >= 11 is 6.98. The summed E-state index contributed by atoms with van der Waals surface area (Å²) < 4.78 is 17.7. The second-order valence-corrected chi connectivity index (χ2v) is 8.45. The Balaban J connectivity index is 1.86. The lowest BCUT2D eigenvalue weighted by atomic mass is 10.0. The fourth-order valence-corrected chi connectivity index (χ4v) is 3.86. The number of nitrogens with zero attached hydrogens (tertiary/aromatic N) is 2. The van der Waals surface area contributed by atoms with Gasteiger partial charge in [0.25, 0.3) is 0 Å².